The third kappa shape index (κ3) is 5.68. The van der Waals surface area contributed by atoms with Crippen molar-refractivity contribution in [3.05, 3.63) is 165 Å². The maximum Gasteiger partial charge on any atom is 0.266 e. The van der Waals surface area contributed by atoms with Crippen LogP contribution >= 0.6 is 31.9 Å². The van der Waals surface area contributed by atoms with E-state index in [-0.39, 0.29) is 0 Å². The molecule has 2 aliphatic rings. The molecule has 0 saturated carbocycles. The number of fused-ring (bicyclic) bond motifs is 5. The first-order chi connectivity index (χ1) is 28.1. The fraction of sp³-hybridized carbons (Fsp3) is 0.269. The summed E-state index contributed by atoms with van der Waals surface area (Å²) in [7, 11) is 0. The second-order valence-corrected chi connectivity index (χ2v) is 20.4. The molecule has 8 heteroatoms. The predicted molar refractivity (Wildman–Crippen MR) is 248 cm³/mol. The first-order valence-electron chi connectivity index (χ1n) is 20.2. The van der Waals surface area contributed by atoms with E-state index in [0.717, 1.165) is 64.6 Å². The van der Waals surface area contributed by atoms with Crippen molar-refractivity contribution >= 4 is 87.5 Å². The summed E-state index contributed by atoms with van der Waals surface area (Å²) < 4.78 is 65.7. The van der Waals surface area contributed by atoms with Crippen LogP contribution in [0, 0.1) is 0 Å². The van der Waals surface area contributed by atoms with Crippen molar-refractivity contribution in [2.45, 2.75) is 88.9 Å². The Bertz CT molecular complexity index is 2660. The molecular weight excluding hydrogens is 888 g/mol. The molecule has 0 fully saturated rings. The van der Waals surface area contributed by atoms with E-state index in [0.29, 0.717) is 22.3 Å². The zero-order chi connectivity index (χ0) is 42.9. The molecule has 0 spiro atoms. The lowest BCUT2D eigenvalue weighted by Crippen LogP contribution is -2.46. The van der Waals surface area contributed by atoms with Crippen LogP contribution in [0.3, 0.4) is 0 Å². The highest BCUT2D eigenvalue weighted by Crippen LogP contribution is 2.61. The van der Waals surface area contributed by atoms with Crippen LogP contribution in [0.2, 0.25) is 0 Å². The molecule has 306 valence electrons. The SMILES string of the molecule is CC1(C)c2ccc(N(c3ccc(Br)cc3)c3ccc4c(ccc5cc(N(c6ccc(Br)cc6)c6ccc7c(c6)C(C)(C)C(F)(F)C7(C)C)ccc54)c3)cc2C(C)(C)C1(F)F. The molecular formula is C52H46Br2F4N2. The normalized spacial score (nSPS) is 18.6. The highest BCUT2D eigenvalue weighted by Gasteiger charge is 2.66. The van der Waals surface area contributed by atoms with Crippen LogP contribution in [0.15, 0.2) is 142 Å². The Kier molecular flexibility index (Phi) is 9.11. The van der Waals surface area contributed by atoms with Gasteiger partial charge in [-0.1, -0.05) is 68.3 Å². The number of hydrogen-bond acceptors (Lipinski definition) is 2. The summed E-state index contributed by atoms with van der Waals surface area (Å²) in [5, 5.41) is 4.18. The number of anilines is 6. The lowest BCUT2D eigenvalue weighted by atomic mass is 9.77. The standard InChI is InChI=1S/C52H46Br2F4N2/c1-47(2)43-25-21-39(29-45(43)49(5,6)51(47,55)56)59(35-15-11-33(53)12-16-35)37-19-23-41-31(27-37)9-10-32-28-38(20-24-42(32)41)60(36-17-13-34(54)14-18-36)40-22-26-44-46(30-40)50(7,8)52(57,58)48(44,3)4/h9-30H,1-8H3. The van der Waals surface area contributed by atoms with Gasteiger partial charge < -0.3 is 9.80 Å². The van der Waals surface area contributed by atoms with E-state index in [4.69, 9.17) is 0 Å². The van der Waals surface area contributed by atoms with Gasteiger partial charge in [0.2, 0.25) is 0 Å². The van der Waals surface area contributed by atoms with Crippen molar-refractivity contribution in [3.63, 3.8) is 0 Å². The van der Waals surface area contributed by atoms with Gasteiger partial charge >= 0.3 is 0 Å². The lowest BCUT2D eigenvalue weighted by molar-refractivity contribution is -0.105. The van der Waals surface area contributed by atoms with Crippen molar-refractivity contribution in [2.24, 2.45) is 0 Å². The Labute approximate surface area is 366 Å². The summed E-state index contributed by atoms with van der Waals surface area (Å²) in [6.07, 6.45) is 0. The molecule has 0 aliphatic heterocycles. The van der Waals surface area contributed by atoms with E-state index < -0.39 is 33.5 Å². The molecule has 0 radical (unpaired) electrons. The Morgan fingerprint density at radius 3 is 0.967 bits per heavy atom. The fourth-order valence-electron chi connectivity index (χ4n) is 10.1. The summed E-state index contributed by atoms with van der Waals surface area (Å²) >= 11 is 7.15. The minimum Gasteiger partial charge on any atom is -0.310 e. The molecule has 0 saturated heterocycles. The van der Waals surface area contributed by atoms with Crippen molar-refractivity contribution in [3.8, 4) is 0 Å². The summed E-state index contributed by atoms with van der Waals surface area (Å²) in [4.78, 5) is 4.26. The predicted octanol–water partition coefficient (Wildman–Crippen LogP) is 16.9. The molecule has 0 heterocycles. The first-order valence-corrected chi connectivity index (χ1v) is 21.8. The molecule has 2 aliphatic carbocycles. The molecule has 7 aromatic carbocycles. The van der Waals surface area contributed by atoms with Crippen LogP contribution in [0.25, 0.3) is 21.5 Å². The number of benzene rings is 7. The van der Waals surface area contributed by atoms with Gasteiger partial charge in [-0.15, -0.1) is 0 Å². The average Bonchev–Trinajstić information content (AvgIpc) is 3.38. The van der Waals surface area contributed by atoms with Gasteiger partial charge in [0.25, 0.3) is 11.8 Å². The van der Waals surface area contributed by atoms with Crippen LogP contribution in [0.4, 0.5) is 51.7 Å². The van der Waals surface area contributed by atoms with Crippen molar-refractivity contribution in [1.29, 1.82) is 0 Å². The van der Waals surface area contributed by atoms with Gasteiger partial charge in [-0.3, -0.25) is 0 Å². The molecule has 0 amide bonds. The Morgan fingerprint density at radius 1 is 0.333 bits per heavy atom. The summed E-state index contributed by atoms with van der Waals surface area (Å²) in [5.41, 5.74) is 2.54. The van der Waals surface area contributed by atoms with Crippen molar-refractivity contribution in [1.82, 2.24) is 0 Å². The average molecular weight is 935 g/mol. The molecule has 0 aromatic heterocycles. The molecule has 2 nitrogen and oxygen atoms in total. The number of hydrogen-bond donors (Lipinski definition) is 0. The highest BCUT2D eigenvalue weighted by molar-refractivity contribution is 9.10. The second-order valence-electron chi connectivity index (χ2n) is 18.6. The van der Waals surface area contributed by atoms with Crippen LogP contribution in [-0.2, 0) is 21.7 Å². The Hall–Kier alpha value is -4.66. The number of alkyl halides is 4. The van der Waals surface area contributed by atoms with Crippen LogP contribution in [0.5, 0.6) is 0 Å². The second kappa shape index (κ2) is 13.4. The lowest BCUT2D eigenvalue weighted by Gasteiger charge is -2.35. The van der Waals surface area contributed by atoms with Gasteiger partial charge in [0.15, 0.2) is 0 Å². The van der Waals surface area contributed by atoms with Gasteiger partial charge in [-0.2, -0.15) is 0 Å². The van der Waals surface area contributed by atoms with Crippen molar-refractivity contribution < 1.29 is 17.6 Å². The van der Waals surface area contributed by atoms with Gasteiger partial charge in [-0.05, 0) is 196 Å². The van der Waals surface area contributed by atoms with E-state index in [9.17, 15) is 0 Å². The minimum atomic E-state index is -2.93. The molecule has 0 unspecified atom stereocenters. The minimum absolute atomic E-state index is 0.655. The molecule has 0 N–H and O–H groups in total. The van der Waals surface area contributed by atoms with E-state index in [1.54, 1.807) is 55.4 Å². The molecule has 7 aromatic rings. The molecule has 0 bridgehead atoms. The fourth-order valence-corrected chi connectivity index (χ4v) is 10.6. The topological polar surface area (TPSA) is 6.48 Å². The first kappa shape index (κ1) is 40.7. The maximum atomic E-state index is 16.0. The third-order valence-corrected chi connectivity index (χ3v) is 14.9. The van der Waals surface area contributed by atoms with E-state index in [1.165, 1.54) is 0 Å². The zero-order valence-corrected chi connectivity index (χ0v) is 38.0. The largest absolute Gasteiger partial charge is 0.310 e. The molecule has 9 rings (SSSR count). The van der Waals surface area contributed by atoms with E-state index in [2.05, 4.69) is 90.2 Å². The zero-order valence-electron chi connectivity index (χ0n) is 34.9. The van der Waals surface area contributed by atoms with Gasteiger partial charge in [0.05, 0.1) is 21.7 Å². The van der Waals surface area contributed by atoms with E-state index in [1.807, 2.05) is 84.9 Å². The number of halogens is 6. The Balaban J connectivity index is 1.15. The highest BCUT2D eigenvalue weighted by atomic mass is 79.9. The van der Waals surface area contributed by atoms with Crippen LogP contribution in [-0.4, -0.2) is 11.8 Å². The third-order valence-electron chi connectivity index (χ3n) is 13.8. The summed E-state index contributed by atoms with van der Waals surface area (Å²) in [6, 6.07) is 44.6. The van der Waals surface area contributed by atoms with Crippen LogP contribution in [0.1, 0.15) is 77.6 Å². The number of nitrogens with zero attached hydrogens (tertiary/aromatic N) is 2. The van der Waals surface area contributed by atoms with E-state index >= 15 is 17.6 Å². The number of rotatable bonds is 6. The maximum absolute atomic E-state index is 16.0. The summed E-state index contributed by atoms with van der Waals surface area (Å²) in [5.74, 6) is -5.87. The van der Waals surface area contributed by atoms with Gasteiger partial charge in [0.1, 0.15) is 0 Å². The Morgan fingerprint density at radius 2 is 0.617 bits per heavy atom. The van der Waals surface area contributed by atoms with Crippen molar-refractivity contribution in [2.75, 3.05) is 9.80 Å². The molecule has 0 atom stereocenters. The smallest absolute Gasteiger partial charge is 0.266 e. The molecule has 60 heavy (non-hydrogen) atoms. The monoisotopic (exact) mass is 932 g/mol. The van der Waals surface area contributed by atoms with Crippen LogP contribution < -0.4 is 9.80 Å². The summed E-state index contributed by atoms with van der Waals surface area (Å²) in [6.45, 7) is 13.1. The van der Waals surface area contributed by atoms with Gasteiger partial charge in [-0.25, -0.2) is 17.6 Å². The van der Waals surface area contributed by atoms with Gasteiger partial charge in [0, 0.05) is 43.1 Å². The quantitative estimate of drug-likeness (QED) is 0.121.